The number of nitrogens with two attached hydrogens (primary N) is 1. The smallest absolute Gasteiger partial charge is 0.189 e. The Balaban J connectivity index is 1.66. The lowest BCUT2D eigenvalue weighted by molar-refractivity contribution is 0.262. The number of para-hydroxylation sites is 1. The van der Waals surface area contributed by atoms with Crippen molar-refractivity contribution in [3.05, 3.63) is 59.7 Å². The zero-order valence-corrected chi connectivity index (χ0v) is 14.2. The minimum Gasteiger partial charge on any atom is -0.493 e. The Bertz CT molecular complexity index is 727. The maximum Gasteiger partial charge on any atom is 0.189 e. The Kier molecular flexibility index (Phi) is 4.89. The van der Waals surface area contributed by atoms with E-state index in [0.29, 0.717) is 19.1 Å². The van der Waals surface area contributed by atoms with Gasteiger partial charge in [-0.1, -0.05) is 30.3 Å². The molecule has 0 saturated carbocycles. The molecule has 5 heteroatoms. The lowest BCUT2D eigenvalue weighted by atomic mass is 10.0. The van der Waals surface area contributed by atoms with Gasteiger partial charge in [0.2, 0.25) is 0 Å². The summed E-state index contributed by atoms with van der Waals surface area (Å²) in [7, 11) is 4.06. The van der Waals surface area contributed by atoms with Crippen LogP contribution >= 0.6 is 0 Å². The normalized spacial score (nSPS) is 16.9. The fraction of sp³-hybridized carbons (Fsp3) is 0.316. The van der Waals surface area contributed by atoms with Gasteiger partial charge in [0.15, 0.2) is 5.96 Å². The molecule has 3 N–H and O–H groups in total. The van der Waals surface area contributed by atoms with E-state index in [1.54, 1.807) is 0 Å². The van der Waals surface area contributed by atoms with Crippen LogP contribution in [0, 0.1) is 0 Å². The lowest BCUT2D eigenvalue weighted by Crippen LogP contribution is -2.37. The fourth-order valence-corrected chi connectivity index (χ4v) is 2.83. The first-order valence-corrected chi connectivity index (χ1v) is 8.18. The molecule has 0 radical (unpaired) electrons. The van der Waals surface area contributed by atoms with E-state index in [-0.39, 0.29) is 6.04 Å². The van der Waals surface area contributed by atoms with Crippen molar-refractivity contribution in [3.8, 4) is 5.75 Å². The largest absolute Gasteiger partial charge is 0.493 e. The summed E-state index contributed by atoms with van der Waals surface area (Å²) in [5, 5.41) is 3.32. The second kappa shape index (κ2) is 7.25. The SMILES string of the molecule is CN(C)c1cccc(CN=C(N)NC2CCOc3ccccc32)c1. The predicted molar refractivity (Wildman–Crippen MR) is 98.5 cm³/mol. The molecule has 5 nitrogen and oxygen atoms in total. The van der Waals surface area contributed by atoms with Gasteiger partial charge in [0, 0.05) is 31.8 Å². The standard InChI is InChI=1S/C19H24N4O/c1-23(2)15-7-5-6-14(12-15)13-21-19(20)22-17-10-11-24-18-9-4-3-8-16(17)18/h3-9,12,17H,10-11,13H2,1-2H3,(H3,20,21,22). The van der Waals surface area contributed by atoms with Crippen LogP contribution in [0.2, 0.25) is 0 Å². The first kappa shape index (κ1) is 16.2. The highest BCUT2D eigenvalue weighted by Gasteiger charge is 2.21. The number of hydrogen-bond acceptors (Lipinski definition) is 3. The summed E-state index contributed by atoms with van der Waals surface area (Å²) in [6.07, 6.45) is 0.878. The molecule has 0 bridgehead atoms. The third kappa shape index (κ3) is 3.79. The van der Waals surface area contributed by atoms with E-state index in [1.165, 1.54) is 0 Å². The molecule has 0 aromatic heterocycles. The van der Waals surface area contributed by atoms with E-state index in [1.807, 2.05) is 38.4 Å². The first-order chi connectivity index (χ1) is 11.6. The van der Waals surface area contributed by atoms with Gasteiger partial charge in [0.25, 0.3) is 0 Å². The number of nitrogens with one attached hydrogen (secondary N) is 1. The second-order valence-electron chi connectivity index (χ2n) is 6.14. The summed E-state index contributed by atoms with van der Waals surface area (Å²) in [6, 6.07) is 16.5. The van der Waals surface area contributed by atoms with Crippen LogP contribution in [0.4, 0.5) is 5.69 Å². The van der Waals surface area contributed by atoms with Crippen molar-refractivity contribution in [1.29, 1.82) is 0 Å². The van der Waals surface area contributed by atoms with Crippen LogP contribution in [-0.2, 0) is 6.54 Å². The molecule has 3 rings (SSSR count). The molecule has 1 aliphatic heterocycles. The molecule has 0 saturated heterocycles. The summed E-state index contributed by atoms with van der Waals surface area (Å²) in [6.45, 7) is 1.25. The van der Waals surface area contributed by atoms with Gasteiger partial charge in [0.1, 0.15) is 5.75 Å². The highest BCUT2D eigenvalue weighted by molar-refractivity contribution is 5.78. The van der Waals surface area contributed by atoms with E-state index in [9.17, 15) is 0 Å². The number of ether oxygens (including phenoxy) is 1. The quantitative estimate of drug-likeness (QED) is 0.670. The van der Waals surface area contributed by atoms with Crippen molar-refractivity contribution in [2.24, 2.45) is 10.7 Å². The molecule has 0 spiro atoms. The molecule has 0 aliphatic carbocycles. The number of nitrogens with zero attached hydrogens (tertiary/aromatic N) is 2. The number of rotatable bonds is 4. The summed E-state index contributed by atoms with van der Waals surface area (Å²) in [4.78, 5) is 6.56. The number of aliphatic imine (C=N–C) groups is 1. The minimum absolute atomic E-state index is 0.145. The second-order valence-corrected chi connectivity index (χ2v) is 6.14. The number of benzene rings is 2. The van der Waals surface area contributed by atoms with Crippen molar-refractivity contribution < 1.29 is 4.74 Å². The summed E-state index contributed by atoms with van der Waals surface area (Å²) >= 11 is 0. The van der Waals surface area contributed by atoms with Crippen LogP contribution in [-0.4, -0.2) is 26.7 Å². The molecule has 0 fully saturated rings. The van der Waals surface area contributed by atoms with Gasteiger partial charge in [-0.15, -0.1) is 0 Å². The number of anilines is 1. The Morgan fingerprint density at radius 2 is 2.08 bits per heavy atom. The molecule has 1 heterocycles. The first-order valence-electron chi connectivity index (χ1n) is 8.18. The van der Waals surface area contributed by atoms with Crippen LogP contribution < -0.4 is 20.7 Å². The third-order valence-corrected chi connectivity index (χ3v) is 4.14. The van der Waals surface area contributed by atoms with E-state index in [0.717, 1.165) is 29.0 Å². The molecule has 0 amide bonds. The summed E-state index contributed by atoms with van der Waals surface area (Å²) < 4.78 is 5.67. The zero-order chi connectivity index (χ0) is 16.9. The Hall–Kier alpha value is -2.69. The molecule has 1 aliphatic rings. The fourth-order valence-electron chi connectivity index (χ4n) is 2.83. The Morgan fingerprint density at radius 3 is 2.92 bits per heavy atom. The van der Waals surface area contributed by atoms with Crippen LogP contribution in [0.15, 0.2) is 53.5 Å². The van der Waals surface area contributed by atoms with Crippen molar-refractivity contribution >= 4 is 11.6 Å². The molecule has 1 atom stereocenters. The Morgan fingerprint density at radius 1 is 1.25 bits per heavy atom. The monoisotopic (exact) mass is 324 g/mol. The van der Waals surface area contributed by atoms with Crippen molar-refractivity contribution in [3.63, 3.8) is 0 Å². The van der Waals surface area contributed by atoms with Crippen LogP contribution in [0.5, 0.6) is 5.75 Å². The average molecular weight is 324 g/mol. The number of hydrogen-bond donors (Lipinski definition) is 2. The highest BCUT2D eigenvalue weighted by atomic mass is 16.5. The van der Waals surface area contributed by atoms with Crippen LogP contribution in [0.25, 0.3) is 0 Å². The average Bonchev–Trinajstić information content (AvgIpc) is 2.60. The highest BCUT2D eigenvalue weighted by Crippen LogP contribution is 2.31. The van der Waals surface area contributed by atoms with Crippen molar-refractivity contribution in [1.82, 2.24) is 5.32 Å². The van der Waals surface area contributed by atoms with Crippen LogP contribution in [0.3, 0.4) is 0 Å². The van der Waals surface area contributed by atoms with Gasteiger partial charge < -0.3 is 20.7 Å². The topological polar surface area (TPSA) is 62.9 Å². The lowest BCUT2D eigenvalue weighted by Gasteiger charge is -2.26. The molecule has 1 unspecified atom stereocenters. The van der Waals surface area contributed by atoms with E-state index >= 15 is 0 Å². The Labute approximate surface area is 143 Å². The van der Waals surface area contributed by atoms with E-state index < -0.39 is 0 Å². The molecular weight excluding hydrogens is 300 g/mol. The summed E-state index contributed by atoms with van der Waals surface area (Å²) in [5.41, 5.74) is 9.53. The van der Waals surface area contributed by atoms with Gasteiger partial charge in [-0.2, -0.15) is 0 Å². The van der Waals surface area contributed by atoms with Crippen molar-refractivity contribution in [2.45, 2.75) is 19.0 Å². The van der Waals surface area contributed by atoms with Gasteiger partial charge in [0.05, 0.1) is 19.2 Å². The van der Waals surface area contributed by atoms with E-state index in [4.69, 9.17) is 10.5 Å². The van der Waals surface area contributed by atoms with Gasteiger partial charge >= 0.3 is 0 Å². The molecule has 2 aromatic rings. The molecule has 24 heavy (non-hydrogen) atoms. The van der Waals surface area contributed by atoms with Crippen molar-refractivity contribution in [2.75, 3.05) is 25.6 Å². The molecule has 126 valence electrons. The van der Waals surface area contributed by atoms with E-state index in [2.05, 4.69) is 39.5 Å². The maximum atomic E-state index is 6.10. The minimum atomic E-state index is 0.145. The zero-order valence-electron chi connectivity index (χ0n) is 14.2. The van der Waals surface area contributed by atoms with Crippen LogP contribution in [0.1, 0.15) is 23.6 Å². The predicted octanol–water partition coefficient (Wildman–Crippen LogP) is 2.68. The van der Waals surface area contributed by atoms with Gasteiger partial charge in [-0.05, 0) is 23.8 Å². The number of guanidine groups is 1. The van der Waals surface area contributed by atoms with Gasteiger partial charge in [-0.25, -0.2) is 4.99 Å². The number of fused-ring (bicyclic) bond motifs is 1. The van der Waals surface area contributed by atoms with Gasteiger partial charge in [-0.3, -0.25) is 0 Å². The molecular formula is C19H24N4O. The molecule has 2 aromatic carbocycles. The summed E-state index contributed by atoms with van der Waals surface area (Å²) in [5.74, 6) is 1.39. The maximum absolute atomic E-state index is 6.10. The third-order valence-electron chi connectivity index (χ3n) is 4.14.